The van der Waals surface area contributed by atoms with Crippen molar-refractivity contribution in [2.45, 2.75) is 6.04 Å². The Kier molecular flexibility index (Phi) is 2.97. The molecule has 0 fully saturated rings. The topological polar surface area (TPSA) is 111 Å². The van der Waals surface area contributed by atoms with E-state index in [-0.39, 0.29) is 18.4 Å². The molecule has 1 heterocycles. The van der Waals surface area contributed by atoms with Gasteiger partial charge in [0.1, 0.15) is 0 Å². The number of carbonyl (C=O) groups is 2. The minimum atomic E-state index is -1.20. The summed E-state index contributed by atoms with van der Waals surface area (Å²) in [6, 6.07) is -1.20. The second-order valence-electron chi connectivity index (χ2n) is 1.80. The molecule has 7 heteroatoms. The number of hydrogen-bond acceptors (Lipinski definition) is 4. The molecule has 6 nitrogen and oxygen atoms in total. The van der Waals surface area contributed by atoms with Crippen LogP contribution < -0.4 is 16.8 Å². The van der Waals surface area contributed by atoms with Crippen molar-refractivity contribution in [3.63, 3.8) is 0 Å². The van der Waals surface area contributed by atoms with Crippen LogP contribution in [-0.2, 0) is 9.59 Å². The second kappa shape index (κ2) is 3.31. The highest BCUT2D eigenvalue weighted by atomic mass is 35.5. The quantitative estimate of drug-likeness (QED) is 0.363. The first-order valence-electron chi connectivity index (χ1n) is 2.55. The maximum absolute atomic E-state index is 10.6. The lowest BCUT2D eigenvalue weighted by Gasteiger charge is -2.12. The van der Waals surface area contributed by atoms with Crippen LogP contribution in [0.4, 0.5) is 0 Å². The zero-order valence-electron chi connectivity index (χ0n) is 5.40. The van der Waals surface area contributed by atoms with Crippen molar-refractivity contribution in [1.82, 2.24) is 5.32 Å². The van der Waals surface area contributed by atoms with Gasteiger partial charge in [-0.1, -0.05) is 0 Å². The zero-order valence-corrected chi connectivity index (χ0v) is 6.22. The van der Waals surface area contributed by atoms with E-state index < -0.39 is 17.9 Å². The molecule has 0 spiro atoms. The number of nitrogens with one attached hydrogen (secondary N) is 1. The fourth-order valence-corrected chi connectivity index (χ4v) is 0.532. The molecule has 1 aliphatic heterocycles. The summed E-state index contributed by atoms with van der Waals surface area (Å²) < 4.78 is 0. The molecular formula is C4H7ClN4O2. The van der Waals surface area contributed by atoms with Crippen molar-refractivity contribution in [2.24, 2.45) is 16.5 Å². The predicted octanol–water partition coefficient (Wildman–Crippen LogP) is -2.29. The van der Waals surface area contributed by atoms with E-state index in [9.17, 15) is 9.59 Å². The molecule has 1 atom stereocenters. The van der Waals surface area contributed by atoms with Crippen molar-refractivity contribution >= 4 is 30.2 Å². The number of aliphatic imine (C=N–C) groups is 1. The molecule has 0 saturated carbocycles. The zero-order chi connectivity index (χ0) is 7.72. The monoisotopic (exact) mass is 178 g/mol. The van der Waals surface area contributed by atoms with Gasteiger partial charge < -0.3 is 11.5 Å². The van der Waals surface area contributed by atoms with E-state index in [4.69, 9.17) is 11.5 Å². The Labute approximate surface area is 68.4 Å². The van der Waals surface area contributed by atoms with Gasteiger partial charge in [-0.2, -0.15) is 4.99 Å². The highest BCUT2D eigenvalue weighted by Crippen LogP contribution is 1.89. The molecule has 11 heavy (non-hydrogen) atoms. The van der Waals surface area contributed by atoms with E-state index >= 15 is 0 Å². The van der Waals surface area contributed by atoms with Gasteiger partial charge in [-0.15, -0.1) is 12.4 Å². The molecule has 0 saturated heterocycles. The van der Waals surface area contributed by atoms with Crippen molar-refractivity contribution in [1.29, 1.82) is 0 Å². The van der Waals surface area contributed by atoms with Gasteiger partial charge in [0.2, 0.25) is 5.96 Å². The lowest BCUT2D eigenvalue weighted by atomic mass is 10.2. The van der Waals surface area contributed by atoms with Crippen LogP contribution in [0.5, 0.6) is 0 Å². The van der Waals surface area contributed by atoms with Gasteiger partial charge in [0, 0.05) is 0 Å². The first-order chi connectivity index (χ1) is 4.61. The first-order valence-corrected chi connectivity index (χ1v) is 2.55. The third-order valence-electron chi connectivity index (χ3n) is 1.03. The van der Waals surface area contributed by atoms with Gasteiger partial charge in [0.05, 0.1) is 0 Å². The average Bonchev–Trinajstić information content (AvgIpc) is 1.82. The molecular weight excluding hydrogens is 172 g/mol. The average molecular weight is 179 g/mol. The minimum Gasteiger partial charge on any atom is -0.369 e. The molecule has 5 N–H and O–H groups in total. The Morgan fingerprint density at radius 2 is 2.00 bits per heavy atom. The molecule has 0 aromatic heterocycles. The molecule has 0 radical (unpaired) electrons. The van der Waals surface area contributed by atoms with E-state index in [0.29, 0.717) is 0 Å². The fourth-order valence-electron chi connectivity index (χ4n) is 0.532. The fraction of sp³-hybridized carbons (Fsp3) is 0.250. The molecule has 1 unspecified atom stereocenters. The first kappa shape index (κ1) is 9.86. The molecule has 0 aliphatic carbocycles. The van der Waals surface area contributed by atoms with E-state index in [0.717, 1.165) is 0 Å². The van der Waals surface area contributed by atoms with Crippen LogP contribution in [-0.4, -0.2) is 23.8 Å². The Hall–Kier alpha value is -1.14. The highest BCUT2D eigenvalue weighted by molar-refractivity contribution is 6.17. The molecule has 0 aromatic rings. The van der Waals surface area contributed by atoms with Crippen LogP contribution in [0.3, 0.4) is 0 Å². The van der Waals surface area contributed by atoms with Gasteiger partial charge in [-0.05, 0) is 0 Å². The van der Waals surface area contributed by atoms with Gasteiger partial charge in [0.15, 0.2) is 6.04 Å². The van der Waals surface area contributed by atoms with Crippen molar-refractivity contribution < 1.29 is 9.59 Å². The SMILES string of the molecule is Cl.NC1=NC(=O)C(N)C(=O)N1. The summed E-state index contributed by atoms with van der Waals surface area (Å²) >= 11 is 0. The Morgan fingerprint density at radius 1 is 1.45 bits per heavy atom. The van der Waals surface area contributed by atoms with Crippen molar-refractivity contribution in [3.8, 4) is 0 Å². The number of nitrogens with zero attached hydrogens (tertiary/aromatic N) is 1. The lowest BCUT2D eigenvalue weighted by Crippen LogP contribution is -2.54. The predicted molar refractivity (Wildman–Crippen MR) is 40.0 cm³/mol. The van der Waals surface area contributed by atoms with Gasteiger partial charge >= 0.3 is 0 Å². The summed E-state index contributed by atoms with van der Waals surface area (Å²) in [6.45, 7) is 0. The third-order valence-corrected chi connectivity index (χ3v) is 1.03. The number of guanidine groups is 1. The molecule has 62 valence electrons. The van der Waals surface area contributed by atoms with Crippen molar-refractivity contribution in [2.75, 3.05) is 0 Å². The Morgan fingerprint density at radius 3 is 2.45 bits per heavy atom. The summed E-state index contributed by atoms with van der Waals surface area (Å²) in [6.07, 6.45) is 0. The van der Waals surface area contributed by atoms with Crippen LogP contribution in [0.2, 0.25) is 0 Å². The molecule has 2 amide bonds. The van der Waals surface area contributed by atoms with E-state index in [1.54, 1.807) is 0 Å². The summed E-state index contributed by atoms with van der Waals surface area (Å²) in [5.74, 6) is -1.52. The van der Waals surface area contributed by atoms with Crippen LogP contribution in [0.15, 0.2) is 4.99 Å². The maximum atomic E-state index is 10.6. The van der Waals surface area contributed by atoms with E-state index in [1.807, 2.05) is 0 Å². The van der Waals surface area contributed by atoms with Gasteiger partial charge in [-0.25, -0.2) is 0 Å². The van der Waals surface area contributed by atoms with Crippen LogP contribution >= 0.6 is 12.4 Å². The van der Waals surface area contributed by atoms with Crippen LogP contribution in [0, 0.1) is 0 Å². The standard InChI is InChI=1S/C4H6N4O2.ClH/c5-1-2(9)7-4(6)8-3(1)10;/h1H,5H2,(H3,6,7,8,9,10);1H. The van der Waals surface area contributed by atoms with Crippen LogP contribution in [0.1, 0.15) is 0 Å². The third kappa shape index (κ3) is 1.89. The normalized spacial score (nSPS) is 23.4. The largest absolute Gasteiger partial charge is 0.369 e. The molecule has 0 bridgehead atoms. The number of carbonyl (C=O) groups excluding carboxylic acids is 2. The van der Waals surface area contributed by atoms with Crippen molar-refractivity contribution in [3.05, 3.63) is 0 Å². The molecule has 1 rings (SSSR count). The van der Waals surface area contributed by atoms with E-state index in [1.165, 1.54) is 0 Å². The maximum Gasteiger partial charge on any atom is 0.275 e. The molecule has 0 aromatic carbocycles. The van der Waals surface area contributed by atoms with Gasteiger partial charge in [-0.3, -0.25) is 14.9 Å². The number of rotatable bonds is 0. The minimum absolute atomic E-state index is 0. The van der Waals surface area contributed by atoms with Crippen LogP contribution in [0.25, 0.3) is 0 Å². The number of halogens is 1. The summed E-state index contributed by atoms with van der Waals surface area (Å²) in [5, 5.41) is 2.10. The summed E-state index contributed by atoms with van der Waals surface area (Å²) in [7, 11) is 0. The Bertz CT molecular complexity index is 226. The second-order valence-corrected chi connectivity index (χ2v) is 1.80. The number of amides is 2. The van der Waals surface area contributed by atoms with Gasteiger partial charge in [0.25, 0.3) is 11.8 Å². The Balaban J connectivity index is 0.000001000. The molecule has 1 aliphatic rings. The smallest absolute Gasteiger partial charge is 0.275 e. The summed E-state index contributed by atoms with van der Waals surface area (Å²) in [4.78, 5) is 24.4. The highest BCUT2D eigenvalue weighted by Gasteiger charge is 2.26. The summed E-state index contributed by atoms with van der Waals surface area (Å²) in [5.41, 5.74) is 10.1. The number of hydrogen-bond donors (Lipinski definition) is 3. The van der Waals surface area contributed by atoms with E-state index in [2.05, 4.69) is 10.3 Å². The lowest BCUT2D eigenvalue weighted by molar-refractivity contribution is -0.129. The number of nitrogens with two attached hydrogens (primary N) is 2.